The molecule has 36 heavy (non-hydrogen) atoms. The molecule has 1 aromatic heterocycles. The number of sulfonamides is 1. The van der Waals surface area contributed by atoms with Gasteiger partial charge in [-0.3, -0.25) is 4.79 Å². The lowest BCUT2D eigenvalue weighted by atomic mass is 10.0. The van der Waals surface area contributed by atoms with Gasteiger partial charge in [0.25, 0.3) is 5.56 Å². The highest BCUT2D eigenvalue weighted by molar-refractivity contribution is 7.89. The predicted molar refractivity (Wildman–Crippen MR) is 138 cm³/mol. The first-order valence-electron chi connectivity index (χ1n) is 11.2. The fraction of sp³-hybridized carbons (Fsp3) is 0.231. The van der Waals surface area contributed by atoms with Crippen LogP contribution < -0.4 is 24.5 Å². The summed E-state index contributed by atoms with van der Waals surface area (Å²) in [4.78, 5) is 20.6. The van der Waals surface area contributed by atoms with E-state index in [1.807, 2.05) is 19.9 Å². The molecule has 0 aliphatic carbocycles. The summed E-state index contributed by atoms with van der Waals surface area (Å²) in [6.07, 6.45) is 0. The molecule has 0 saturated heterocycles. The number of aromatic amines is 1. The third-order valence-electron chi connectivity index (χ3n) is 5.90. The van der Waals surface area contributed by atoms with Crippen LogP contribution in [0.4, 0.5) is 0 Å². The van der Waals surface area contributed by atoms with E-state index < -0.39 is 10.0 Å². The number of nitrogens with zero attached hydrogens (tertiary/aromatic N) is 1. The molecular weight excluding hydrogens is 482 g/mol. The normalized spacial score (nSPS) is 11.4. The first-order chi connectivity index (χ1) is 17.2. The van der Waals surface area contributed by atoms with Gasteiger partial charge in [-0.25, -0.2) is 18.1 Å². The molecule has 0 atom stereocenters. The van der Waals surface area contributed by atoms with E-state index in [0.717, 1.165) is 16.7 Å². The second-order valence-corrected chi connectivity index (χ2v) is 9.83. The average molecular weight is 510 g/mol. The van der Waals surface area contributed by atoms with Crippen LogP contribution in [0.2, 0.25) is 0 Å². The predicted octanol–water partition coefficient (Wildman–Crippen LogP) is 3.58. The van der Waals surface area contributed by atoms with Crippen molar-refractivity contribution >= 4 is 20.9 Å². The fourth-order valence-electron chi connectivity index (χ4n) is 3.85. The summed E-state index contributed by atoms with van der Waals surface area (Å²) in [6, 6.07) is 15.1. The largest absolute Gasteiger partial charge is 0.497 e. The average Bonchev–Trinajstić information content (AvgIpc) is 2.88. The van der Waals surface area contributed by atoms with Crippen molar-refractivity contribution in [3.05, 3.63) is 76.1 Å². The minimum Gasteiger partial charge on any atom is -0.497 e. The molecule has 0 unspecified atom stereocenters. The Morgan fingerprint density at radius 2 is 1.69 bits per heavy atom. The van der Waals surface area contributed by atoms with Crippen molar-refractivity contribution in [2.75, 3.05) is 27.4 Å². The number of hydrogen-bond donors (Lipinski definition) is 2. The van der Waals surface area contributed by atoms with Crippen molar-refractivity contribution in [3.63, 3.8) is 0 Å². The molecule has 0 bridgehead atoms. The van der Waals surface area contributed by atoms with Gasteiger partial charge in [-0.2, -0.15) is 0 Å². The van der Waals surface area contributed by atoms with Crippen LogP contribution in [-0.2, 0) is 10.0 Å². The smallest absolute Gasteiger partial charge is 0.262 e. The molecule has 188 valence electrons. The Labute approximate surface area is 209 Å². The van der Waals surface area contributed by atoms with E-state index >= 15 is 0 Å². The Hall–Kier alpha value is -3.89. The van der Waals surface area contributed by atoms with Crippen molar-refractivity contribution in [2.45, 2.75) is 18.7 Å². The molecule has 0 aliphatic heterocycles. The summed E-state index contributed by atoms with van der Waals surface area (Å²) >= 11 is 0. The SMILES string of the molecule is COc1cc(OC)c2c(=O)[nH]c(-c3ccc(OCCNS(=O)(=O)c4ccccc4)c(C)c3C)nc2c1. The molecule has 0 radical (unpaired) electrons. The lowest BCUT2D eigenvalue weighted by Crippen LogP contribution is -2.28. The lowest BCUT2D eigenvalue weighted by molar-refractivity contribution is 0.320. The van der Waals surface area contributed by atoms with Gasteiger partial charge in [0.2, 0.25) is 10.0 Å². The van der Waals surface area contributed by atoms with Crippen molar-refractivity contribution in [1.29, 1.82) is 0 Å². The van der Waals surface area contributed by atoms with E-state index in [1.54, 1.807) is 36.4 Å². The van der Waals surface area contributed by atoms with Gasteiger partial charge < -0.3 is 19.2 Å². The van der Waals surface area contributed by atoms with Gasteiger partial charge in [0.15, 0.2) is 0 Å². The van der Waals surface area contributed by atoms with Crippen molar-refractivity contribution in [1.82, 2.24) is 14.7 Å². The van der Waals surface area contributed by atoms with Crippen LogP contribution >= 0.6 is 0 Å². The maximum absolute atomic E-state index is 12.9. The molecule has 9 nitrogen and oxygen atoms in total. The minimum atomic E-state index is -3.60. The van der Waals surface area contributed by atoms with Crippen LogP contribution in [-0.4, -0.2) is 45.8 Å². The van der Waals surface area contributed by atoms with Crippen molar-refractivity contribution < 1.29 is 22.6 Å². The lowest BCUT2D eigenvalue weighted by Gasteiger charge is -2.15. The highest BCUT2D eigenvalue weighted by atomic mass is 32.2. The molecule has 0 fully saturated rings. The van der Waals surface area contributed by atoms with Crippen LogP contribution in [0.25, 0.3) is 22.3 Å². The third-order valence-corrected chi connectivity index (χ3v) is 7.38. The van der Waals surface area contributed by atoms with E-state index in [-0.39, 0.29) is 23.6 Å². The summed E-state index contributed by atoms with van der Waals surface area (Å²) in [6.45, 7) is 4.07. The molecule has 0 aliphatic rings. The number of nitrogens with one attached hydrogen (secondary N) is 2. The summed E-state index contributed by atoms with van der Waals surface area (Å²) in [5, 5.41) is 0.342. The maximum Gasteiger partial charge on any atom is 0.262 e. The second kappa shape index (κ2) is 10.4. The van der Waals surface area contributed by atoms with Gasteiger partial charge in [-0.1, -0.05) is 18.2 Å². The quantitative estimate of drug-likeness (QED) is 0.331. The molecule has 4 rings (SSSR count). The molecule has 4 aromatic rings. The van der Waals surface area contributed by atoms with E-state index in [4.69, 9.17) is 14.2 Å². The first-order valence-corrected chi connectivity index (χ1v) is 12.7. The number of fused-ring (bicyclic) bond motifs is 1. The highest BCUT2D eigenvalue weighted by Crippen LogP contribution is 2.32. The van der Waals surface area contributed by atoms with Gasteiger partial charge in [0, 0.05) is 24.2 Å². The number of rotatable bonds is 9. The Morgan fingerprint density at radius 1 is 0.944 bits per heavy atom. The number of benzene rings is 3. The highest BCUT2D eigenvalue weighted by Gasteiger charge is 2.16. The number of methoxy groups -OCH3 is 2. The van der Waals surface area contributed by atoms with Gasteiger partial charge >= 0.3 is 0 Å². The van der Waals surface area contributed by atoms with E-state index in [2.05, 4.69) is 14.7 Å². The van der Waals surface area contributed by atoms with E-state index in [1.165, 1.54) is 26.4 Å². The Kier molecular flexibility index (Phi) is 7.27. The molecule has 0 amide bonds. The van der Waals surface area contributed by atoms with Gasteiger partial charge in [0.05, 0.1) is 24.6 Å². The maximum atomic E-state index is 12.9. The van der Waals surface area contributed by atoms with Crippen molar-refractivity contribution in [2.24, 2.45) is 0 Å². The molecule has 3 aromatic carbocycles. The molecular formula is C26H27N3O6S. The number of hydrogen-bond acceptors (Lipinski definition) is 7. The monoisotopic (exact) mass is 509 g/mol. The van der Waals surface area contributed by atoms with Gasteiger partial charge in [0.1, 0.15) is 35.1 Å². The number of ether oxygens (including phenoxy) is 3. The van der Waals surface area contributed by atoms with Crippen LogP contribution in [0.5, 0.6) is 17.2 Å². The zero-order valence-corrected chi connectivity index (χ0v) is 21.2. The minimum absolute atomic E-state index is 0.112. The van der Waals surface area contributed by atoms with Crippen molar-refractivity contribution in [3.8, 4) is 28.6 Å². The van der Waals surface area contributed by atoms with Crippen LogP contribution in [0.3, 0.4) is 0 Å². The third kappa shape index (κ3) is 5.05. The summed E-state index contributed by atoms with van der Waals surface area (Å²) < 4.78 is 43.7. The second-order valence-electron chi connectivity index (χ2n) is 8.06. The summed E-state index contributed by atoms with van der Waals surface area (Å²) in [7, 11) is -0.576. The van der Waals surface area contributed by atoms with Crippen LogP contribution in [0.1, 0.15) is 11.1 Å². The fourth-order valence-corrected chi connectivity index (χ4v) is 4.88. The standard InChI is InChI=1S/C26H27N3O6S/c1-16-17(2)22(35-13-12-27-36(31,32)19-8-6-5-7-9-19)11-10-20(16)25-28-21-14-18(33-3)15-23(34-4)24(21)26(30)29-25/h5-11,14-15,27H,12-13H2,1-4H3,(H,28,29,30). The Bertz CT molecular complexity index is 1570. The van der Waals surface area contributed by atoms with Gasteiger partial charge in [-0.05, 0) is 49.2 Å². The van der Waals surface area contributed by atoms with E-state index in [0.29, 0.717) is 34.0 Å². The number of aromatic nitrogens is 2. The topological polar surface area (TPSA) is 120 Å². The molecule has 1 heterocycles. The van der Waals surface area contributed by atoms with Crippen LogP contribution in [0, 0.1) is 13.8 Å². The molecule has 2 N–H and O–H groups in total. The zero-order valence-electron chi connectivity index (χ0n) is 20.4. The summed E-state index contributed by atoms with van der Waals surface area (Å²) in [5.41, 5.74) is 2.59. The Balaban J connectivity index is 1.55. The molecule has 0 saturated carbocycles. The first kappa shape index (κ1) is 25.2. The summed E-state index contributed by atoms with van der Waals surface area (Å²) in [5.74, 6) is 1.93. The molecule has 0 spiro atoms. The van der Waals surface area contributed by atoms with E-state index in [9.17, 15) is 13.2 Å². The molecule has 10 heteroatoms. The van der Waals surface area contributed by atoms with Crippen LogP contribution in [0.15, 0.2) is 64.3 Å². The zero-order chi connectivity index (χ0) is 25.9. The number of H-pyrrole nitrogens is 1. The Morgan fingerprint density at radius 3 is 2.39 bits per heavy atom. The van der Waals surface area contributed by atoms with Gasteiger partial charge in [-0.15, -0.1) is 0 Å².